The van der Waals surface area contributed by atoms with Crippen molar-refractivity contribution in [3.63, 3.8) is 0 Å². The Morgan fingerprint density at radius 2 is 1.96 bits per heavy atom. The van der Waals surface area contributed by atoms with Crippen LogP contribution in [0.4, 0.5) is 0 Å². The van der Waals surface area contributed by atoms with Crippen molar-refractivity contribution in [2.75, 3.05) is 13.6 Å². The second-order valence-corrected chi connectivity index (χ2v) is 7.64. The van der Waals surface area contributed by atoms with Crippen LogP contribution >= 0.6 is 0 Å². The summed E-state index contributed by atoms with van der Waals surface area (Å²) in [4.78, 5) is 15.1. The number of benzene rings is 2. The quantitative estimate of drug-likeness (QED) is 0.735. The highest BCUT2D eigenvalue weighted by Crippen LogP contribution is 2.26. The van der Waals surface area contributed by atoms with Crippen molar-refractivity contribution in [1.82, 2.24) is 20.4 Å². The molecule has 0 saturated heterocycles. The van der Waals surface area contributed by atoms with Gasteiger partial charge >= 0.3 is 0 Å². The van der Waals surface area contributed by atoms with E-state index in [4.69, 9.17) is 0 Å². The van der Waals surface area contributed by atoms with Gasteiger partial charge in [-0.15, -0.1) is 0 Å². The van der Waals surface area contributed by atoms with Gasteiger partial charge in [0.2, 0.25) is 0 Å². The van der Waals surface area contributed by atoms with Gasteiger partial charge in [-0.2, -0.15) is 5.10 Å². The molecular weight excluding hydrogens is 348 g/mol. The number of hydrogen-bond donors (Lipinski definition) is 2. The molecule has 1 atom stereocenters. The topological polar surface area (TPSA) is 61.0 Å². The number of amides is 1. The normalized spacial score (nSPS) is 16.6. The van der Waals surface area contributed by atoms with Gasteiger partial charge in [-0.1, -0.05) is 36.4 Å². The summed E-state index contributed by atoms with van der Waals surface area (Å²) in [7, 11) is 2.12. The molecule has 0 fully saturated rings. The van der Waals surface area contributed by atoms with Crippen molar-refractivity contribution in [3.8, 4) is 11.1 Å². The molecule has 0 bridgehead atoms. The van der Waals surface area contributed by atoms with E-state index >= 15 is 0 Å². The number of aromatic nitrogens is 2. The monoisotopic (exact) mass is 374 g/mol. The third-order valence-corrected chi connectivity index (χ3v) is 5.66. The second-order valence-electron chi connectivity index (χ2n) is 7.64. The highest BCUT2D eigenvalue weighted by Gasteiger charge is 2.23. The molecule has 144 valence electrons. The van der Waals surface area contributed by atoms with Crippen molar-refractivity contribution < 1.29 is 4.79 Å². The molecule has 2 aromatic carbocycles. The third-order valence-electron chi connectivity index (χ3n) is 5.66. The standard InChI is InChI=1S/C23H26N4O/c1-15-22(16(2)26-25-15)18-9-6-10-19(11-18)23(28)24-13-21-12-17-7-4-5-8-20(17)14-27(21)3/h4-11,21H,12-14H2,1-3H3,(H,24,28)(H,25,26). The zero-order chi connectivity index (χ0) is 19.7. The first-order valence-corrected chi connectivity index (χ1v) is 9.70. The molecule has 1 unspecified atom stereocenters. The fourth-order valence-corrected chi connectivity index (χ4v) is 4.05. The van der Waals surface area contributed by atoms with Gasteiger partial charge in [-0.25, -0.2) is 0 Å². The van der Waals surface area contributed by atoms with Crippen molar-refractivity contribution in [1.29, 1.82) is 0 Å². The number of carbonyl (C=O) groups excluding carboxylic acids is 1. The van der Waals surface area contributed by atoms with Crippen LogP contribution in [0.5, 0.6) is 0 Å². The number of nitrogens with one attached hydrogen (secondary N) is 2. The minimum Gasteiger partial charge on any atom is -0.350 e. The minimum atomic E-state index is -0.0343. The third kappa shape index (κ3) is 3.58. The maximum Gasteiger partial charge on any atom is 0.251 e. The van der Waals surface area contributed by atoms with Gasteiger partial charge in [0.1, 0.15) is 0 Å². The Morgan fingerprint density at radius 1 is 1.18 bits per heavy atom. The summed E-state index contributed by atoms with van der Waals surface area (Å²) in [6, 6.07) is 16.6. The van der Waals surface area contributed by atoms with Crippen LogP contribution in [0, 0.1) is 13.8 Å². The van der Waals surface area contributed by atoms with Crippen LogP contribution in [-0.4, -0.2) is 40.6 Å². The molecule has 0 aliphatic carbocycles. The van der Waals surface area contributed by atoms with Crippen molar-refractivity contribution in [2.45, 2.75) is 32.9 Å². The van der Waals surface area contributed by atoms with E-state index in [0.717, 1.165) is 35.5 Å². The molecule has 0 spiro atoms. The number of hydrogen-bond acceptors (Lipinski definition) is 3. The summed E-state index contributed by atoms with van der Waals surface area (Å²) >= 11 is 0. The van der Waals surface area contributed by atoms with Crippen LogP contribution in [0.1, 0.15) is 32.9 Å². The predicted octanol–water partition coefficient (Wildman–Crippen LogP) is 3.48. The first-order chi connectivity index (χ1) is 13.5. The average Bonchev–Trinajstić information content (AvgIpc) is 3.04. The largest absolute Gasteiger partial charge is 0.350 e. The smallest absolute Gasteiger partial charge is 0.251 e. The Kier molecular flexibility index (Phi) is 5.01. The van der Waals surface area contributed by atoms with Crippen molar-refractivity contribution in [3.05, 3.63) is 76.6 Å². The van der Waals surface area contributed by atoms with Crippen LogP contribution in [0.25, 0.3) is 11.1 Å². The second kappa shape index (κ2) is 7.60. The number of aromatic amines is 1. The number of fused-ring (bicyclic) bond motifs is 1. The fraction of sp³-hybridized carbons (Fsp3) is 0.304. The molecule has 1 aromatic heterocycles. The van der Waals surface area contributed by atoms with Crippen LogP contribution in [0.15, 0.2) is 48.5 Å². The van der Waals surface area contributed by atoms with E-state index < -0.39 is 0 Å². The molecular formula is C23H26N4O. The number of carbonyl (C=O) groups is 1. The Hall–Kier alpha value is -2.92. The Bertz CT molecular complexity index is 988. The van der Waals surface area contributed by atoms with Gasteiger partial charge in [0.15, 0.2) is 0 Å². The van der Waals surface area contributed by atoms with E-state index in [1.54, 1.807) is 0 Å². The first-order valence-electron chi connectivity index (χ1n) is 9.70. The molecule has 28 heavy (non-hydrogen) atoms. The van der Waals surface area contributed by atoms with E-state index in [2.05, 4.69) is 51.7 Å². The lowest BCUT2D eigenvalue weighted by molar-refractivity contribution is 0.0934. The summed E-state index contributed by atoms with van der Waals surface area (Å²) in [5, 5.41) is 10.4. The molecule has 3 aromatic rings. The molecule has 4 rings (SSSR count). The van der Waals surface area contributed by atoms with Gasteiger partial charge in [0, 0.05) is 36.0 Å². The zero-order valence-corrected chi connectivity index (χ0v) is 16.6. The fourth-order valence-electron chi connectivity index (χ4n) is 4.05. The summed E-state index contributed by atoms with van der Waals surface area (Å²) in [6.45, 7) is 5.53. The number of H-pyrrole nitrogens is 1. The zero-order valence-electron chi connectivity index (χ0n) is 16.6. The molecule has 2 N–H and O–H groups in total. The van der Waals surface area contributed by atoms with E-state index in [1.165, 1.54) is 11.1 Å². The lowest BCUT2D eigenvalue weighted by Gasteiger charge is -2.34. The summed E-state index contributed by atoms with van der Waals surface area (Å²) < 4.78 is 0. The van der Waals surface area contributed by atoms with Gasteiger partial charge < -0.3 is 5.32 Å². The molecule has 1 amide bonds. The summed E-state index contributed by atoms with van der Waals surface area (Å²) in [5.41, 5.74) is 7.48. The molecule has 1 aliphatic rings. The molecule has 5 nitrogen and oxygen atoms in total. The van der Waals surface area contributed by atoms with E-state index in [1.807, 2.05) is 38.1 Å². The summed E-state index contributed by atoms with van der Waals surface area (Å²) in [5.74, 6) is -0.0343. The van der Waals surface area contributed by atoms with Crippen molar-refractivity contribution >= 4 is 5.91 Å². The van der Waals surface area contributed by atoms with Gasteiger partial charge in [-0.05, 0) is 56.1 Å². The predicted molar refractivity (Wildman–Crippen MR) is 111 cm³/mol. The van der Waals surface area contributed by atoms with Crippen LogP contribution in [0.2, 0.25) is 0 Å². The molecule has 1 aliphatic heterocycles. The Labute approximate surface area is 165 Å². The number of rotatable bonds is 4. The molecule has 0 radical (unpaired) electrons. The van der Waals surface area contributed by atoms with Gasteiger partial charge in [0.05, 0.1) is 5.69 Å². The van der Waals surface area contributed by atoms with Crippen LogP contribution < -0.4 is 5.32 Å². The highest BCUT2D eigenvalue weighted by atomic mass is 16.1. The summed E-state index contributed by atoms with van der Waals surface area (Å²) in [6.07, 6.45) is 0.959. The Morgan fingerprint density at radius 3 is 2.71 bits per heavy atom. The van der Waals surface area contributed by atoms with Gasteiger partial charge in [-0.3, -0.25) is 14.8 Å². The Balaban J connectivity index is 1.46. The maximum atomic E-state index is 12.8. The highest BCUT2D eigenvalue weighted by molar-refractivity contribution is 5.95. The van der Waals surface area contributed by atoms with E-state index in [9.17, 15) is 4.79 Å². The molecule has 5 heteroatoms. The first kappa shape index (κ1) is 18.4. The number of aryl methyl sites for hydroxylation is 2. The van der Waals surface area contributed by atoms with Gasteiger partial charge in [0.25, 0.3) is 5.91 Å². The van der Waals surface area contributed by atoms with E-state index in [-0.39, 0.29) is 5.91 Å². The lowest BCUT2D eigenvalue weighted by atomic mass is 9.94. The lowest BCUT2D eigenvalue weighted by Crippen LogP contribution is -2.45. The van der Waals surface area contributed by atoms with Crippen molar-refractivity contribution in [2.24, 2.45) is 0 Å². The van der Waals surface area contributed by atoms with Crippen LogP contribution in [-0.2, 0) is 13.0 Å². The SMILES string of the molecule is Cc1n[nH]c(C)c1-c1cccc(C(=O)NCC2Cc3ccccc3CN2C)c1. The molecule has 0 saturated carbocycles. The minimum absolute atomic E-state index is 0.0343. The van der Waals surface area contributed by atoms with E-state index in [0.29, 0.717) is 18.2 Å². The number of nitrogens with zero attached hydrogens (tertiary/aromatic N) is 2. The molecule has 2 heterocycles. The van der Waals surface area contributed by atoms with Crippen LogP contribution in [0.3, 0.4) is 0 Å². The average molecular weight is 374 g/mol. The maximum absolute atomic E-state index is 12.8. The number of likely N-dealkylation sites (N-methyl/N-ethyl adjacent to an activating group) is 1.